The van der Waals surface area contributed by atoms with Crippen molar-refractivity contribution in [1.82, 2.24) is 4.90 Å². The number of likely N-dealkylation sites (tertiary alicyclic amines) is 1. The first-order valence-electron chi connectivity index (χ1n) is 10.6. The van der Waals surface area contributed by atoms with E-state index in [0.29, 0.717) is 12.6 Å². The Labute approximate surface area is 158 Å². The molecule has 1 aromatic carbocycles. The SMILES string of the molecule is C=CC[C@@]1(CO)CCCN(C2CCN(c3ccc4c(c3)CCC4)CC2)C1. The van der Waals surface area contributed by atoms with Crippen molar-refractivity contribution in [3.63, 3.8) is 0 Å². The van der Waals surface area contributed by atoms with E-state index in [1.165, 1.54) is 50.8 Å². The van der Waals surface area contributed by atoms with Crippen LogP contribution in [0.25, 0.3) is 0 Å². The van der Waals surface area contributed by atoms with Crippen LogP contribution in [0.3, 0.4) is 0 Å². The number of aryl methyl sites for hydroxylation is 2. The summed E-state index contributed by atoms with van der Waals surface area (Å²) in [6.07, 6.45) is 11.6. The molecule has 4 rings (SSSR count). The molecule has 26 heavy (non-hydrogen) atoms. The fourth-order valence-electron chi connectivity index (χ4n) is 5.47. The van der Waals surface area contributed by atoms with Gasteiger partial charge in [-0.3, -0.25) is 4.90 Å². The first-order chi connectivity index (χ1) is 12.7. The monoisotopic (exact) mass is 354 g/mol. The third-order valence-corrected chi connectivity index (χ3v) is 7.03. The molecular weight excluding hydrogens is 320 g/mol. The number of anilines is 1. The molecule has 2 saturated heterocycles. The number of rotatable bonds is 5. The highest BCUT2D eigenvalue weighted by molar-refractivity contribution is 5.52. The van der Waals surface area contributed by atoms with Crippen LogP contribution >= 0.6 is 0 Å². The summed E-state index contributed by atoms with van der Waals surface area (Å²) in [5.41, 5.74) is 4.63. The molecule has 0 spiro atoms. The maximum atomic E-state index is 9.97. The minimum Gasteiger partial charge on any atom is -0.396 e. The minimum absolute atomic E-state index is 0.0527. The summed E-state index contributed by atoms with van der Waals surface area (Å²) in [6, 6.07) is 7.83. The molecule has 142 valence electrons. The summed E-state index contributed by atoms with van der Waals surface area (Å²) in [5.74, 6) is 0. The van der Waals surface area contributed by atoms with Gasteiger partial charge in [0.2, 0.25) is 0 Å². The summed E-state index contributed by atoms with van der Waals surface area (Å²) in [6.45, 7) is 8.77. The van der Waals surface area contributed by atoms with Crippen LogP contribution in [0.1, 0.15) is 49.7 Å². The van der Waals surface area contributed by atoms with E-state index < -0.39 is 0 Å². The molecule has 3 heteroatoms. The van der Waals surface area contributed by atoms with Crippen molar-refractivity contribution in [3.05, 3.63) is 42.0 Å². The van der Waals surface area contributed by atoms with Crippen LogP contribution in [0, 0.1) is 5.41 Å². The Kier molecular flexibility index (Phi) is 5.37. The van der Waals surface area contributed by atoms with Crippen molar-refractivity contribution in [3.8, 4) is 0 Å². The number of fused-ring (bicyclic) bond motifs is 1. The van der Waals surface area contributed by atoms with Crippen molar-refractivity contribution >= 4 is 5.69 Å². The fraction of sp³-hybridized carbons (Fsp3) is 0.652. The van der Waals surface area contributed by atoms with E-state index in [2.05, 4.69) is 34.6 Å². The Morgan fingerprint density at radius 2 is 1.92 bits per heavy atom. The van der Waals surface area contributed by atoms with Gasteiger partial charge in [-0.05, 0) is 81.2 Å². The number of piperidine rings is 2. The summed E-state index contributed by atoms with van der Waals surface area (Å²) in [4.78, 5) is 5.26. The van der Waals surface area contributed by atoms with Gasteiger partial charge in [0.15, 0.2) is 0 Å². The molecule has 1 aromatic rings. The summed E-state index contributed by atoms with van der Waals surface area (Å²) in [7, 11) is 0. The third kappa shape index (κ3) is 3.57. The van der Waals surface area contributed by atoms with Gasteiger partial charge in [-0.15, -0.1) is 6.58 Å². The molecule has 2 heterocycles. The second-order valence-corrected chi connectivity index (χ2v) is 8.75. The van der Waals surface area contributed by atoms with E-state index >= 15 is 0 Å². The van der Waals surface area contributed by atoms with E-state index in [9.17, 15) is 5.11 Å². The maximum Gasteiger partial charge on any atom is 0.0502 e. The van der Waals surface area contributed by atoms with Crippen LogP contribution in [-0.4, -0.2) is 48.8 Å². The molecule has 0 unspecified atom stereocenters. The van der Waals surface area contributed by atoms with Gasteiger partial charge in [-0.1, -0.05) is 12.1 Å². The molecule has 0 saturated carbocycles. The zero-order chi connectivity index (χ0) is 18.0. The molecule has 1 aliphatic carbocycles. The molecule has 2 aliphatic heterocycles. The van der Waals surface area contributed by atoms with Gasteiger partial charge in [0, 0.05) is 36.8 Å². The highest BCUT2D eigenvalue weighted by atomic mass is 16.3. The highest BCUT2D eigenvalue weighted by Gasteiger charge is 2.37. The van der Waals surface area contributed by atoms with Crippen molar-refractivity contribution in [1.29, 1.82) is 0 Å². The van der Waals surface area contributed by atoms with Gasteiger partial charge in [0.1, 0.15) is 0 Å². The number of aliphatic hydroxyl groups is 1. The van der Waals surface area contributed by atoms with Gasteiger partial charge in [0.05, 0.1) is 6.61 Å². The topological polar surface area (TPSA) is 26.7 Å². The summed E-state index contributed by atoms with van der Waals surface area (Å²) < 4.78 is 0. The zero-order valence-corrected chi connectivity index (χ0v) is 16.1. The summed E-state index contributed by atoms with van der Waals surface area (Å²) >= 11 is 0. The quantitative estimate of drug-likeness (QED) is 0.815. The normalized spacial score (nSPS) is 27.5. The molecule has 1 N–H and O–H groups in total. The first kappa shape index (κ1) is 18.1. The van der Waals surface area contributed by atoms with Gasteiger partial charge in [-0.25, -0.2) is 0 Å². The average Bonchev–Trinajstić information content (AvgIpc) is 3.16. The second-order valence-electron chi connectivity index (χ2n) is 8.75. The molecule has 1 atom stereocenters. The maximum absolute atomic E-state index is 9.97. The largest absolute Gasteiger partial charge is 0.396 e. The lowest BCUT2D eigenvalue weighted by molar-refractivity contribution is 0.00901. The smallest absolute Gasteiger partial charge is 0.0502 e. The van der Waals surface area contributed by atoms with Crippen LogP contribution in [0.15, 0.2) is 30.9 Å². The number of allylic oxidation sites excluding steroid dienone is 1. The Balaban J connectivity index is 1.36. The molecule has 0 radical (unpaired) electrons. The third-order valence-electron chi connectivity index (χ3n) is 7.03. The van der Waals surface area contributed by atoms with Crippen LogP contribution in [0.2, 0.25) is 0 Å². The Morgan fingerprint density at radius 1 is 1.12 bits per heavy atom. The second kappa shape index (κ2) is 7.74. The molecular formula is C23H34N2O. The molecule has 3 aliphatic rings. The van der Waals surface area contributed by atoms with E-state index in [1.807, 2.05) is 6.08 Å². The van der Waals surface area contributed by atoms with Gasteiger partial charge in [-0.2, -0.15) is 0 Å². The fourth-order valence-corrected chi connectivity index (χ4v) is 5.47. The number of hydrogen-bond acceptors (Lipinski definition) is 3. The van der Waals surface area contributed by atoms with Crippen LogP contribution in [-0.2, 0) is 12.8 Å². The van der Waals surface area contributed by atoms with Crippen LogP contribution < -0.4 is 4.90 Å². The molecule has 0 bridgehead atoms. The predicted molar refractivity (Wildman–Crippen MR) is 109 cm³/mol. The van der Waals surface area contributed by atoms with E-state index in [1.54, 1.807) is 11.1 Å². The van der Waals surface area contributed by atoms with E-state index in [-0.39, 0.29) is 5.41 Å². The number of benzene rings is 1. The average molecular weight is 355 g/mol. The van der Waals surface area contributed by atoms with Crippen LogP contribution in [0.4, 0.5) is 5.69 Å². The summed E-state index contributed by atoms with van der Waals surface area (Å²) in [5, 5.41) is 9.97. The lowest BCUT2D eigenvalue weighted by Gasteiger charge is -2.47. The first-order valence-corrected chi connectivity index (χ1v) is 10.6. The highest BCUT2D eigenvalue weighted by Crippen LogP contribution is 2.36. The Morgan fingerprint density at radius 3 is 2.69 bits per heavy atom. The molecule has 0 aromatic heterocycles. The zero-order valence-electron chi connectivity index (χ0n) is 16.1. The molecule has 0 amide bonds. The van der Waals surface area contributed by atoms with Gasteiger partial charge >= 0.3 is 0 Å². The predicted octanol–water partition coefficient (Wildman–Crippen LogP) is 3.79. The van der Waals surface area contributed by atoms with Gasteiger partial charge < -0.3 is 10.0 Å². The van der Waals surface area contributed by atoms with Crippen LogP contribution in [0.5, 0.6) is 0 Å². The number of hydrogen-bond donors (Lipinski definition) is 1. The van der Waals surface area contributed by atoms with Crippen molar-refractivity contribution in [2.24, 2.45) is 5.41 Å². The minimum atomic E-state index is 0.0527. The van der Waals surface area contributed by atoms with Crippen molar-refractivity contribution in [2.45, 2.75) is 57.4 Å². The standard InChI is InChI=1S/C23H34N2O/c1-2-11-23(18-26)12-4-13-25(17-23)21-9-14-24(15-10-21)22-8-7-19-5-3-6-20(19)16-22/h2,7-8,16,21,26H,1,3-6,9-15,17-18H2/t23-/m1/s1. The molecule has 3 nitrogen and oxygen atoms in total. The molecule has 2 fully saturated rings. The lowest BCUT2D eigenvalue weighted by Crippen LogP contribution is -2.52. The van der Waals surface area contributed by atoms with E-state index in [0.717, 1.165) is 32.5 Å². The van der Waals surface area contributed by atoms with E-state index in [4.69, 9.17) is 0 Å². The lowest BCUT2D eigenvalue weighted by atomic mass is 9.77. The van der Waals surface area contributed by atoms with Crippen molar-refractivity contribution < 1.29 is 5.11 Å². The van der Waals surface area contributed by atoms with Crippen molar-refractivity contribution in [2.75, 3.05) is 37.7 Å². The Hall–Kier alpha value is -1.32. The Bertz CT molecular complexity index is 635. The number of aliphatic hydroxyl groups excluding tert-OH is 1. The number of nitrogens with zero attached hydrogens (tertiary/aromatic N) is 2. The van der Waals surface area contributed by atoms with Gasteiger partial charge in [0.25, 0.3) is 0 Å².